The maximum absolute atomic E-state index is 11.9. The van der Waals surface area contributed by atoms with Gasteiger partial charge in [-0.1, -0.05) is 13.8 Å². The normalized spacial score (nSPS) is 13.1. The first-order valence-electron chi connectivity index (χ1n) is 7.30. The van der Waals surface area contributed by atoms with Gasteiger partial charge in [0, 0.05) is 29.8 Å². The molecule has 1 rings (SSSR count). The van der Waals surface area contributed by atoms with Crippen molar-refractivity contribution in [3.63, 3.8) is 0 Å². The molecule has 0 saturated heterocycles. The second kappa shape index (κ2) is 8.23. The molecule has 0 heterocycles. The Morgan fingerprint density at radius 1 is 1.32 bits per heavy atom. The highest BCUT2D eigenvalue weighted by atomic mass is 32.2. The number of hydrogen-bond donors (Lipinski definition) is 4. The first kappa shape index (κ1) is 20.8. The van der Waals surface area contributed by atoms with Gasteiger partial charge in [-0.15, -0.1) is 0 Å². The van der Waals surface area contributed by atoms with Crippen LogP contribution in [0.3, 0.4) is 0 Å². The van der Waals surface area contributed by atoms with Crippen LogP contribution in [0.4, 0.5) is 11.4 Å². The molecule has 11 heteroatoms. The van der Waals surface area contributed by atoms with Gasteiger partial charge in [0.05, 0.1) is 17.3 Å². The molecule has 0 aliphatic rings. The van der Waals surface area contributed by atoms with Crippen molar-refractivity contribution < 1.29 is 28.3 Å². The molecule has 140 valence electrons. The first-order chi connectivity index (χ1) is 11.5. The SMILES string of the molecule is CC(C)(CO)[C@H](O)C(=O)NCCS(=O)(=O)Nc1ccc([N+](=O)[O-])cc1. The van der Waals surface area contributed by atoms with E-state index in [0.29, 0.717) is 0 Å². The second-order valence-electron chi connectivity index (χ2n) is 6.07. The zero-order valence-electron chi connectivity index (χ0n) is 13.8. The van der Waals surface area contributed by atoms with Crippen LogP contribution < -0.4 is 10.0 Å². The van der Waals surface area contributed by atoms with Gasteiger partial charge in [-0.2, -0.15) is 0 Å². The van der Waals surface area contributed by atoms with Crippen molar-refractivity contribution in [1.82, 2.24) is 5.32 Å². The molecular weight excluding hydrogens is 354 g/mol. The van der Waals surface area contributed by atoms with Gasteiger partial charge in [0.1, 0.15) is 6.10 Å². The average molecular weight is 375 g/mol. The number of amides is 1. The van der Waals surface area contributed by atoms with Crippen LogP contribution in [0.5, 0.6) is 0 Å². The number of anilines is 1. The van der Waals surface area contributed by atoms with E-state index in [1.807, 2.05) is 0 Å². The van der Waals surface area contributed by atoms with E-state index in [9.17, 15) is 28.4 Å². The average Bonchev–Trinajstić information content (AvgIpc) is 2.53. The molecule has 0 aliphatic carbocycles. The molecule has 1 atom stereocenters. The summed E-state index contributed by atoms with van der Waals surface area (Å²) >= 11 is 0. The van der Waals surface area contributed by atoms with Crippen LogP contribution in [0.1, 0.15) is 13.8 Å². The predicted octanol–water partition coefficient (Wildman–Crippen LogP) is -0.168. The van der Waals surface area contributed by atoms with Gasteiger partial charge in [-0.05, 0) is 12.1 Å². The molecule has 0 spiro atoms. The van der Waals surface area contributed by atoms with E-state index in [4.69, 9.17) is 5.11 Å². The summed E-state index contributed by atoms with van der Waals surface area (Å²) in [6, 6.07) is 4.82. The zero-order chi connectivity index (χ0) is 19.3. The Kier molecular flexibility index (Phi) is 6.85. The third kappa shape index (κ3) is 6.29. The number of sulfonamides is 1. The van der Waals surface area contributed by atoms with Crippen molar-refractivity contribution in [1.29, 1.82) is 0 Å². The third-order valence-electron chi connectivity index (χ3n) is 3.42. The van der Waals surface area contributed by atoms with Crippen LogP contribution >= 0.6 is 0 Å². The fraction of sp³-hybridized carbons (Fsp3) is 0.500. The minimum Gasteiger partial charge on any atom is -0.396 e. The Morgan fingerprint density at radius 2 is 1.88 bits per heavy atom. The first-order valence-corrected chi connectivity index (χ1v) is 8.95. The number of rotatable bonds is 9. The maximum atomic E-state index is 11.9. The van der Waals surface area contributed by atoms with Crippen molar-refractivity contribution in [2.75, 3.05) is 23.6 Å². The Labute approximate surface area is 145 Å². The van der Waals surface area contributed by atoms with Crippen molar-refractivity contribution in [3.8, 4) is 0 Å². The summed E-state index contributed by atoms with van der Waals surface area (Å²) in [5, 5.41) is 31.7. The molecule has 0 aromatic heterocycles. The summed E-state index contributed by atoms with van der Waals surface area (Å²) in [4.78, 5) is 21.7. The molecule has 0 unspecified atom stereocenters. The number of nitro groups is 1. The Bertz CT molecular complexity index is 716. The fourth-order valence-electron chi connectivity index (χ4n) is 1.73. The lowest BCUT2D eigenvalue weighted by molar-refractivity contribution is -0.384. The number of nitrogens with zero attached hydrogens (tertiary/aromatic N) is 1. The molecule has 0 aliphatic heterocycles. The number of non-ortho nitro benzene ring substituents is 1. The molecule has 0 bridgehead atoms. The number of hydrogen-bond acceptors (Lipinski definition) is 7. The quantitative estimate of drug-likeness (QED) is 0.344. The molecule has 0 radical (unpaired) electrons. The molecule has 1 amide bonds. The fourth-order valence-corrected chi connectivity index (χ4v) is 2.70. The lowest BCUT2D eigenvalue weighted by Crippen LogP contribution is -2.46. The number of aliphatic hydroxyl groups is 2. The van der Waals surface area contributed by atoms with E-state index in [0.717, 1.165) is 12.1 Å². The van der Waals surface area contributed by atoms with Gasteiger partial charge < -0.3 is 15.5 Å². The van der Waals surface area contributed by atoms with Gasteiger partial charge in [0.25, 0.3) is 5.69 Å². The molecule has 4 N–H and O–H groups in total. The van der Waals surface area contributed by atoms with E-state index in [1.54, 1.807) is 0 Å². The van der Waals surface area contributed by atoms with Crippen LogP contribution in [0, 0.1) is 15.5 Å². The Morgan fingerprint density at radius 3 is 2.36 bits per heavy atom. The Balaban J connectivity index is 2.56. The van der Waals surface area contributed by atoms with Gasteiger partial charge in [0.15, 0.2) is 0 Å². The van der Waals surface area contributed by atoms with E-state index >= 15 is 0 Å². The highest BCUT2D eigenvalue weighted by molar-refractivity contribution is 7.92. The van der Waals surface area contributed by atoms with Crippen LogP contribution in [-0.2, 0) is 14.8 Å². The smallest absolute Gasteiger partial charge is 0.269 e. The largest absolute Gasteiger partial charge is 0.396 e. The predicted molar refractivity (Wildman–Crippen MR) is 90.4 cm³/mol. The summed E-state index contributed by atoms with van der Waals surface area (Å²) in [7, 11) is -3.80. The van der Waals surface area contributed by atoms with Gasteiger partial charge >= 0.3 is 0 Å². The van der Waals surface area contributed by atoms with E-state index in [1.165, 1.54) is 26.0 Å². The standard InChI is InChI=1S/C14H21N3O7S/c1-14(2,9-18)12(19)13(20)15-7-8-25(23,24)16-10-3-5-11(6-4-10)17(21)22/h3-6,12,16,18-19H,7-9H2,1-2H3,(H,15,20)/t12-/m1/s1. The van der Waals surface area contributed by atoms with E-state index in [2.05, 4.69) is 10.0 Å². The van der Waals surface area contributed by atoms with Crippen LogP contribution in [0.25, 0.3) is 0 Å². The van der Waals surface area contributed by atoms with Gasteiger partial charge in [0.2, 0.25) is 15.9 Å². The van der Waals surface area contributed by atoms with E-state index in [-0.39, 0.29) is 17.9 Å². The molecular formula is C14H21N3O7S. The van der Waals surface area contributed by atoms with E-state index < -0.39 is 44.7 Å². The monoisotopic (exact) mass is 375 g/mol. The topological polar surface area (TPSA) is 159 Å². The van der Waals surface area contributed by atoms with Crippen LogP contribution in [-0.4, -0.2) is 54.5 Å². The Hall–Kier alpha value is -2.24. The minimum atomic E-state index is -3.80. The van der Waals surface area contributed by atoms with Gasteiger partial charge in [-0.3, -0.25) is 19.6 Å². The molecule has 0 fully saturated rings. The summed E-state index contributed by atoms with van der Waals surface area (Å²) in [5.41, 5.74) is -1.07. The summed E-state index contributed by atoms with van der Waals surface area (Å²) < 4.78 is 26.1. The third-order valence-corrected chi connectivity index (χ3v) is 4.71. The lowest BCUT2D eigenvalue weighted by atomic mass is 9.87. The van der Waals surface area contributed by atoms with Crippen LogP contribution in [0.2, 0.25) is 0 Å². The summed E-state index contributed by atoms with van der Waals surface area (Å²) in [6.45, 7) is 2.32. The van der Waals surface area contributed by atoms with Crippen molar-refractivity contribution in [3.05, 3.63) is 34.4 Å². The van der Waals surface area contributed by atoms with Gasteiger partial charge in [-0.25, -0.2) is 8.42 Å². The highest BCUT2D eigenvalue weighted by Crippen LogP contribution is 2.19. The number of aliphatic hydroxyl groups excluding tert-OH is 2. The number of benzene rings is 1. The molecule has 0 saturated carbocycles. The minimum absolute atomic E-state index is 0.151. The number of nitro benzene ring substituents is 1. The molecule has 1 aromatic carbocycles. The van der Waals surface area contributed by atoms with Crippen molar-refractivity contribution in [2.45, 2.75) is 20.0 Å². The van der Waals surface area contributed by atoms with Crippen molar-refractivity contribution >= 4 is 27.3 Å². The molecule has 10 nitrogen and oxygen atoms in total. The number of carbonyl (C=O) groups excluding carboxylic acids is 1. The zero-order valence-corrected chi connectivity index (χ0v) is 14.6. The lowest BCUT2D eigenvalue weighted by Gasteiger charge is -2.27. The molecule has 1 aromatic rings. The number of carbonyl (C=O) groups is 1. The van der Waals surface area contributed by atoms with Crippen LogP contribution in [0.15, 0.2) is 24.3 Å². The van der Waals surface area contributed by atoms with Crippen molar-refractivity contribution in [2.24, 2.45) is 5.41 Å². The summed E-state index contributed by atoms with van der Waals surface area (Å²) in [5.74, 6) is -1.24. The maximum Gasteiger partial charge on any atom is 0.269 e. The number of nitrogens with one attached hydrogen (secondary N) is 2. The molecule has 25 heavy (non-hydrogen) atoms. The summed E-state index contributed by atoms with van der Waals surface area (Å²) in [6.07, 6.45) is -1.48. The second-order valence-corrected chi connectivity index (χ2v) is 7.91. The highest BCUT2D eigenvalue weighted by Gasteiger charge is 2.32.